The molecule has 1 aliphatic carbocycles. The first-order valence-electron chi connectivity index (χ1n) is 9.18. The van der Waals surface area contributed by atoms with Crippen LogP contribution < -0.4 is 16.0 Å². The van der Waals surface area contributed by atoms with Gasteiger partial charge in [0.1, 0.15) is 11.6 Å². The fraction of sp³-hybridized carbons (Fsp3) is 0.765. The van der Waals surface area contributed by atoms with Crippen molar-refractivity contribution in [3.63, 3.8) is 0 Å². The maximum Gasteiger partial charge on any atom is 0.223 e. The minimum Gasteiger partial charge on any atom is -0.368 e. The zero-order valence-corrected chi connectivity index (χ0v) is 13.9. The molecule has 126 valence electrons. The largest absolute Gasteiger partial charge is 0.368 e. The van der Waals surface area contributed by atoms with Crippen molar-refractivity contribution < 1.29 is 0 Å². The van der Waals surface area contributed by atoms with Crippen LogP contribution in [-0.4, -0.2) is 53.1 Å². The van der Waals surface area contributed by atoms with Crippen LogP contribution in [0.3, 0.4) is 0 Å². The number of anilines is 3. The fourth-order valence-corrected chi connectivity index (χ4v) is 4.34. The maximum absolute atomic E-state index is 5.98. The highest BCUT2D eigenvalue weighted by atomic mass is 15.3. The highest BCUT2D eigenvalue weighted by Gasteiger charge is 2.31. The second kappa shape index (κ2) is 6.51. The van der Waals surface area contributed by atoms with E-state index in [1.165, 1.54) is 51.5 Å². The van der Waals surface area contributed by atoms with Crippen LogP contribution in [0.25, 0.3) is 0 Å². The van der Waals surface area contributed by atoms with Gasteiger partial charge in [-0.2, -0.15) is 9.97 Å². The lowest BCUT2D eigenvalue weighted by Gasteiger charge is -2.38. The first-order valence-corrected chi connectivity index (χ1v) is 9.18. The maximum atomic E-state index is 5.98. The lowest BCUT2D eigenvalue weighted by atomic mass is 9.95. The van der Waals surface area contributed by atoms with Gasteiger partial charge in [0, 0.05) is 37.8 Å². The molecule has 4 rings (SSSR count). The van der Waals surface area contributed by atoms with Gasteiger partial charge in [-0.1, -0.05) is 19.3 Å². The standard InChI is InChI=1S/C17H28N6/c18-17-20-15(19-13-5-2-1-3-6-13)11-16(21-17)23-10-9-22-8-4-7-14(22)12-23/h11,13-14H,1-10,12H2,(H3,18,19,20,21). The van der Waals surface area contributed by atoms with Gasteiger partial charge in [-0.25, -0.2) is 0 Å². The summed E-state index contributed by atoms with van der Waals surface area (Å²) in [7, 11) is 0. The molecule has 0 radical (unpaired) electrons. The molecule has 0 amide bonds. The molecule has 0 bridgehead atoms. The van der Waals surface area contributed by atoms with Gasteiger partial charge in [0.15, 0.2) is 0 Å². The molecule has 6 nitrogen and oxygen atoms in total. The Balaban J connectivity index is 1.47. The zero-order chi connectivity index (χ0) is 15.6. The number of nitrogens with zero attached hydrogens (tertiary/aromatic N) is 4. The molecule has 1 aromatic rings. The predicted octanol–water partition coefficient (Wildman–Crippen LogP) is 2.09. The van der Waals surface area contributed by atoms with Crippen LogP contribution in [0.5, 0.6) is 0 Å². The van der Waals surface area contributed by atoms with Gasteiger partial charge in [0.05, 0.1) is 0 Å². The first-order chi connectivity index (χ1) is 11.3. The van der Waals surface area contributed by atoms with Crippen molar-refractivity contribution in [3.05, 3.63) is 6.07 Å². The van der Waals surface area contributed by atoms with Crippen LogP contribution in [0.15, 0.2) is 6.07 Å². The van der Waals surface area contributed by atoms with Gasteiger partial charge < -0.3 is 16.0 Å². The summed E-state index contributed by atoms with van der Waals surface area (Å²) in [5.41, 5.74) is 5.98. The zero-order valence-electron chi connectivity index (χ0n) is 13.9. The van der Waals surface area contributed by atoms with Crippen LogP contribution >= 0.6 is 0 Å². The van der Waals surface area contributed by atoms with Crippen molar-refractivity contribution in [2.45, 2.75) is 57.0 Å². The van der Waals surface area contributed by atoms with E-state index in [4.69, 9.17) is 5.73 Å². The van der Waals surface area contributed by atoms with Crippen LogP contribution in [0, 0.1) is 0 Å². The minimum absolute atomic E-state index is 0.384. The number of hydrogen-bond donors (Lipinski definition) is 2. The number of fused-ring (bicyclic) bond motifs is 1. The third-order valence-corrected chi connectivity index (χ3v) is 5.60. The molecule has 0 aromatic carbocycles. The van der Waals surface area contributed by atoms with Crippen molar-refractivity contribution in [1.29, 1.82) is 0 Å². The highest BCUT2D eigenvalue weighted by molar-refractivity contribution is 5.53. The molecule has 6 heteroatoms. The van der Waals surface area contributed by atoms with Crippen molar-refractivity contribution in [2.24, 2.45) is 0 Å². The minimum atomic E-state index is 0.384. The molecule has 0 spiro atoms. The Kier molecular flexibility index (Phi) is 4.25. The molecule has 3 N–H and O–H groups in total. The lowest BCUT2D eigenvalue weighted by molar-refractivity contribution is 0.230. The molecular formula is C17H28N6. The average molecular weight is 316 g/mol. The number of hydrogen-bond acceptors (Lipinski definition) is 6. The molecular weight excluding hydrogens is 288 g/mol. The Bertz CT molecular complexity index is 542. The lowest BCUT2D eigenvalue weighted by Crippen LogP contribution is -2.50. The van der Waals surface area contributed by atoms with Gasteiger partial charge in [0.2, 0.25) is 5.95 Å². The Hall–Kier alpha value is -1.56. The molecule has 3 aliphatic rings. The molecule has 2 saturated heterocycles. The van der Waals surface area contributed by atoms with Crippen molar-refractivity contribution in [2.75, 3.05) is 42.1 Å². The summed E-state index contributed by atoms with van der Waals surface area (Å²) in [6, 6.07) is 3.32. The molecule has 2 aliphatic heterocycles. The Labute approximate surface area is 138 Å². The number of piperazine rings is 1. The number of rotatable bonds is 3. The summed E-state index contributed by atoms with van der Waals surface area (Å²) >= 11 is 0. The van der Waals surface area contributed by atoms with Crippen LogP contribution in [0.2, 0.25) is 0 Å². The van der Waals surface area contributed by atoms with E-state index in [9.17, 15) is 0 Å². The van der Waals surface area contributed by atoms with Crippen molar-refractivity contribution in [3.8, 4) is 0 Å². The van der Waals surface area contributed by atoms with E-state index < -0.39 is 0 Å². The van der Waals surface area contributed by atoms with Crippen molar-refractivity contribution in [1.82, 2.24) is 14.9 Å². The molecule has 23 heavy (non-hydrogen) atoms. The number of nitrogen functional groups attached to an aromatic ring is 1. The molecule has 1 aromatic heterocycles. The fourth-order valence-electron chi connectivity index (χ4n) is 4.34. The number of nitrogens with two attached hydrogens (primary N) is 1. The van der Waals surface area contributed by atoms with Crippen LogP contribution in [0.4, 0.5) is 17.6 Å². The quantitative estimate of drug-likeness (QED) is 0.890. The average Bonchev–Trinajstić information content (AvgIpc) is 3.03. The summed E-state index contributed by atoms with van der Waals surface area (Å²) in [5.74, 6) is 2.27. The van der Waals surface area contributed by atoms with E-state index in [1.54, 1.807) is 0 Å². The molecule has 1 unspecified atom stereocenters. The Morgan fingerprint density at radius 1 is 1.00 bits per heavy atom. The van der Waals surface area contributed by atoms with E-state index in [1.807, 2.05) is 0 Å². The van der Waals surface area contributed by atoms with Crippen LogP contribution in [-0.2, 0) is 0 Å². The SMILES string of the molecule is Nc1nc(NC2CCCCC2)cc(N2CCN3CCCC3C2)n1. The molecule has 3 fully saturated rings. The highest BCUT2D eigenvalue weighted by Crippen LogP contribution is 2.27. The van der Waals surface area contributed by atoms with E-state index in [0.717, 1.165) is 31.3 Å². The number of aromatic nitrogens is 2. The summed E-state index contributed by atoms with van der Waals surface area (Å²) in [6.45, 7) is 4.51. The summed E-state index contributed by atoms with van der Waals surface area (Å²) in [5, 5.41) is 3.58. The summed E-state index contributed by atoms with van der Waals surface area (Å²) in [4.78, 5) is 13.9. The summed E-state index contributed by atoms with van der Waals surface area (Å²) < 4.78 is 0. The third-order valence-electron chi connectivity index (χ3n) is 5.60. The van der Waals surface area contributed by atoms with Crippen molar-refractivity contribution >= 4 is 17.6 Å². The monoisotopic (exact) mass is 316 g/mol. The molecule has 1 atom stereocenters. The molecule has 1 saturated carbocycles. The van der Waals surface area contributed by atoms with Gasteiger partial charge in [-0.3, -0.25) is 4.90 Å². The van der Waals surface area contributed by atoms with Crippen LogP contribution in [0.1, 0.15) is 44.9 Å². The second-order valence-electron chi connectivity index (χ2n) is 7.23. The topological polar surface area (TPSA) is 70.3 Å². The van der Waals surface area contributed by atoms with Gasteiger partial charge in [-0.15, -0.1) is 0 Å². The Morgan fingerprint density at radius 2 is 1.87 bits per heavy atom. The predicted molar refractivity (Wildman–Crippen MR) is 93.7 cm³/mol. The van der Waals surface area contributed by atoms with Gasteiger partial charge in [-0.05, 0) is 32.2 Å². The molecule has 3 heterocycles. The normalized spacial score (nSPS) is 26.3. The van der Waals surface area contributed by atoms with Gasteiger partial charge >= 0.3 is 0 Å². The van der Waals surface area contributed by atoms with E-state index in [2.05, 4.69) is 31.2 Å². The van der Waals surface area contributed by atoms with E-state index in [-0.39, 0.29) is 0 Å². The Morgan fingerprint density at radius 3 is 2.74 bits per heavy atom. The smallest absolute Gasteiger partial charge is 0.223 e. The van der Waals surface area contributed by atoms with E-state index in [0.29, 0.717) is 18.0 Å². The summed E-state index contributed by atoms with van der Waals surface area (Å²) in [6.07, 6.45) is 9.10. The second-order valence-corrected chi connectivity index (χ2v) is 7.23. The van der Waals surface area contributed by atoms with E-state index >= 15 is 0 Å². The van der Waals surface area contributed by atoms with Gasteiger partial charge in [0.25, 0.3) is 0 Å². The third kappa shape index (κ3) is 3.37. The number of nitrogens with one attached hydrogen (secondary N) is 1. The first kappa shape index (κ1) is 15.0.